The Bertz CT molecular complexity index is 1760. The molecule has 3 aromatic rings. The summed E-state index contributed by atoms with van der Waals surface area (Å²) < 4.78 is 44.2. The molecule has 4 rings (SSSR count). The van der Waals surface area contributed by atoms with Gasteiger partial charge >= 0.3 is 27.3 Å². The van der Waals surface area contributed by atoms with Crippen molar-refractivity contribution in [3.05, 3.63) is 104 Å². The zero-order valence-electron chi connectivity index (χ0n) is 21.7. The number of carboxylic acids is 1. The summed E-state index contributed by atoms with van der Waals surface area (Å²) >= 11 is 0. The number of aliphatic hydroxyl groups excluding tert-OH is 2. The second-order valence-electron chi connectivity index (χ2n) is 8.97. The Labute approximate surface area is 241 Å². The summed E-state index contributed by atoms with van der Waals surface area (Å²) in [6, 6.07) is 13.7. The van der Waals surface area contributed by atoms with Crippen molar-refractivity contribution in [1.82, 2.24) is 9.55 Å². The molecule has 1 fully saturated rings. The maximum absolute atomic E-state index is 12.5. The number of rotatable bonds is 10. The number of nitrogens with one attached hydrogen (secondary N) is 1. The lowest BCUT2D eigenvalue weighted by Gasteiger charge is -2.19. The van der Waals surface area contributed by atoms with Crippen LogP contribution in [0.4, 0.5) is 0 Å². The number of phosphoric ester groups is 2. The average molecular weight is 638 g/mol. The van der Waals surface area contributed by atoms with Gasteiger partial charge in [0, 0.05) is 11.8 Å². The maximum atomic E-state index is 12.5. The second-order valence-corrected chi connectivity index (χ2v) is 12.0. The van der Waals surface area contributed by atoms with Gasteiger partial charge < -0.3 is 29.8 Å². The molecular formula is C25H24N2O14P2. The second kappa shape index (κ2) is 13.3. The molecule has 1 aromatic heterocycles. The standard InChI is InChI=1S/C25H24N2O14P2/c28-20-19(14-39-43(36,37)41-42(34,35)38-13-16-7-4-8-17(11-16)24(31)32)40-23(21(20)29)27-12-18(22(30)26-25(27)33)10-9-15-5-2-1-3-6-15/h1-8,11-12,19-21,23,28-29H,13-14H2,(H,31,32)(H,34,35)(H,36,37)(H,26,30,33)/t19-,20+,21?,23-/m1/s1. The fourth-order valence-corrected chi connectivity index (χ4v) is 5.88. The number of nitrogens with zero attached hydrogens (tertiary/aromatic N) is 1. The van der Waals surface area contributed by atoms with E-state index in [-0.39, 0.29) is 16.7 Å². The first-order valence-electron chi connectivity index (χ1n) is 12.2. The smallest absolute Gasteiger partial charge is 0.478 e. The van der Waals surface area contributed by atoms with Crippen molar-refractivity contribution in [2.24, 2.45) is 0 Å². The molecule has 0 spiro atoms. The van der Waals surface area contributed by atoms with Gasteiger partial charge in [-0.15, -0.1) is 0 Å². The molecular weight excluding hydrogens is 614 g/mol. The molecule has 2 heterocycles. The van der Waals surface area contributed by atoms with Crippen LogP contribution in [0.3, 0.4) is 0 Å². The van der Waals surface area contributed by atoms with Crippen molar-refractivity contribution >= 4 is 21.6 Å². The lowest BCUT2D eigenvalue weighted by molar-refractivity contribution is -0.0543. The number of aromatic nitrogens is 2. The number of phosphoric acid groups is 2. The molecule has 1 aliphatic heterocycles. The van der Waals surface area contributed by atoms with Crippen LogP contribution < -0.4 is 11.2 Å². The van der Waals surface area contributed by atoms with Gasteiger partial charge in [0.15, 0.2) is 6.23 Å². The fraction of sp³-hybridized carbons (Fsp3) is 0.240. The first kappa shape index (κ1) is 32.2. The predicted octanol–water partition coefficient (Wildman–Crippen LogP) is 0.705. The first-order valence-corrected chi connectivity index (χ1v) is 15.2. The van der Waals surface area contributed by atoms with Crippen LogP contribution in [-0.4, -0.2) is 65.5 Å². The van der Waals surface area contributed by atoms with Crippen molar-refractivity contribution in [2.45, 2.75) is 31.1 Å². The fourth-order valence-electron chi connectivity index (χ4n) is 3.82. The van der Waals surface area contributed by atoms with E-state index in [4.69, 9.17) is 9.84 Å². The number of hydrogen-bond donors (Lipinski definition) is 6. The third-order valence-electron chi connectivity index (χ3n) is 5.87. The summed E-state index contributed by atoms with van der Waals surface area (Å²) in [5, 5.41) is 29.9. The quantitative estimate of drug-likeness (QED) is 0.132. The number of aromatic amines is 1. The van der Waals surface area contributed by atoms with E-state index in [1.807, 2.05) is 4.98 Å². The molecule has 1 aliphatic rings. The van der Waals surface area contributed by atoms with Crippen LogP contribution in [0.1, 0.15) is 33.3 Å². The Hall–Kier alpha value is -3.71. The minimum absolute atomic E-state index is 0.137. The highest BCUT2D eigenvalue weighted by Crippen LogP contribution is 2.60. The number of hydrogen-bond acceptors (Lipinski definition) is 11. The third-order valence-corrected chi connectivity index (χ3v) is 8.45. The summed E-state index contributed by atoms with van der Waals surface area (Å²) in [5.74, 6) is 4.08. The molecule has 0 aliphatic carbocycles. The Morgan fingerprint density at radius 1 is 0.977 bits per heavy atom. The molecule has 6 N–H and O–H groups in total. The molecule has 6 atom stereocenters. The highest BCUT2D eigenvalue weighted by Gasteiger charge is 2.46. The van der Waals surface area contributed by atoms with E-state index in [0.717, 1.165) is 16.8 Å². The van der Waals surface area contributed by atoms with E-state index >= 15 is 0 Å². The van der Waals surface area contributed by atoms with Crippen molar-refractivity contribution in [2.75, 3.05) is 6.61 Å². The maximum Gasteiger partial charge on any atom is 0.481 e. The summed E-state index contributed by atoms with van der Waals surface area (Å²) in [6.45, 7) is -1.64. The van der Waals surface area contributed by atoms with Gasteiger partial charge in [0.2, 0.25) is 0 Å². The van der Waals surface area contributed by atoms with Crippen molar-refractivity contribution in [3.8, 4) is 11.8 Å². The molecule has 2 aromatic carbocycles. The van der Waals surface area contributed by atoms with E-state index in [1.165, 1.54) is 18.2 Å². The molecule has 0 radical (unpaired) electrons. The Morgan fingerprint density at radius 2 is 1.67 bits per heavy atom. The van der Waals surface area contributed by atoms with E-state index in [0.29, 0.717) is 5.56 Å². The largest absolute Gasteiger partial charge is 0.481 e. The molecule has 0 bridgehead atoms. The minimum Gasteiger partial charge on any atom is -0.478 e. The highest BCUT2D eigenvalue weighted by molar-refractivity contribution is 7.61. The molecule has 18 heteroatoms. The number of H-pyrrole nitrogens is 1. The number of aromatic carboxylic acids is 1. The number of benzene rings is 2. The predicted molar refractivity (Wildman–Crippen MR) is 145 cm³/mol. The van der Waals surface area contributed by atoms with E-state index < -0.39 is 70.6 Å². The van der Waals surface area contributed by atoms with Crippen molar-refractivity contribution in [3.63, 3.8) is 0 Å². The van der Waals surface area contributed by atoms with Crippen molar-refractivity contribution < 1.29 is 57.1 Å². The molecule has 1 saturated heterocycles. The first-order chi connectivity index (χ1) is 20.2. The van der Waals surface area contributed by atoms with Crippen molar-refractivity contribution in [1.29, 1.82) is 0 Å². The Kier molecular flexibility index (Phi) is 9.96. The van der Waals surface area contributed by atoms with Gasteiger partial charge in [-0.25, -0.2) is 18.7 Å². The molecule has 0 amide bonds. The molecule has 228 valence electrons. The van der Waals surface area contributed by atoms with Gasteiger partial charge in [0.25, 0.3) is 5.56 Å². The van der Waals surface area contributed by atoms with Gasteiger partial charge in [0.05, 0.1) is 18.8 Å². The summed E-state index contributed by atoms with van der Waals surface area (Å²) in [7, 11) is -10.6. The van der Waals surface area contributed by atoms with Gasteiger partial charge in [-0.05, 0) is 29.8 Å². The van der Waals surface area contributed by atoms with Crippen LogP contribution in [0, 0.1) is 11.8 Å². The van der Waals surface area contributed by atoms with Crippen LogP contribution in [-0.2, 0) is 33.8 Å². The average Bonchev–Trinajstić information content (AvgIpc) is 3.23. The van der Waals surface area contributed by atoms with Crippen LogP contribution >= 0.6 is 15.6 Å². The SMILES string of the molecule is O=C(O)c1cccc(COP(=O)(O)OP(=O)(O)OC[C@H]2O[C@@H](n3cc(C#Cc4ccccc4)c(=O)[nH]c3=O)C(O)[C@H]2O)c1. The van der Waals surface area contributed by atoms with Crippen LogP contribution in [0.15, 0.2) is 70.4 Å². The molecule has 16 nitrogen and oxygen atoms in total. The zero-order chi connectivity index (χ0) is 31.4. The monoisotopic (exact) mass is 638 g/mol. The molecule has 43 heavy (non-hydrogen) atoms. The summed E-state index contributed by atoms with van der Waals surface area (Å²) in [6.07, 6.45) is -5.73. The Balaban J connectivity index is 1.40. The molecule has 3 unspecified atom stereocenters. The van der Waals surface area contributed by atoms with Crippen LogP contribution in [0.5, 0.6) is 0 Å². The normalized spacial score (nSPS) is 22.6. The number of carbonyl (C=O) groups is 1. The van der Waals surface area contributed by atoms with Crippen LogP contribution in [0.25, 0.3) is 0 Å². The number of aliphatic hydroxyl groups is 2. The van der Waals surface area contributed by atoms with Gasteiger partial charge in [0.1, 0.15) is 23.9 Å². The zero-order valence-corrected chi connectivity index (χ0v) is 23.5. The van der Waals surface area contributed by atoms with E-state index in [1.54, 1.807) is 30.3 Å². The van der Waals surface area contributed by atoms with Gasteiger partial charge in [-0.2, -0.15) is 4.31 Å². The van der Waals surface area contributed by atoms with Gasteiger partial charge in [-0.3, -0.25) is 23.4 Å². The number of ether oxygens (including phenoxy) is 1. The van der Waals surface area contributed by atoms with E-state index in [9.17, 15) is 43.5 Å². The molecule has 0 saturated carbocycles. The number of carboxylic acid groups (broad SMARTS) is 1. The summed E-state index contributed by atoms with van der Waals surface area (Å²) in [4.78, 5) is 57.5. The Morgan fingerprint density at radius 3 is 2.37 bits per heavy atom. The highest BCUT2D eigenvalue weighted by atomic mass is 31.3. The summed E-state index contributed by atoms with van der Waals surface area (Å²) in [5.41, 5.74) is -1.43. The van der Waals surface area contributed by atoms with E-state index in [2.05, 4.69) is 25.2 Å². The van der Waals surface area contributed by atoms with Crippen LogP contribution in [0.2, 0.25) is 0 Å². The topological polar surface area (TPSA) is 244 Å². The third kappa shape index (κ3) is 8.44. The lowest BCUT2D eigenvalue weighted by atomic mass is 10.1. The lowest BCUT2D eigenvalue weighted by Crippen LogP contribution is -2.38. The van der Waals surface area contributed by atoms with Gasteiger partial charge in [-0.1, -0.05) is 42.2 Å². The minimum atomic E-state index is -5.35.